The largest absolute Gasteiger partial charge is 0.341 e. The van der Waals surface area contributed by atoms with Crippen molar-refractivity contribution < 1.29 is 9.72 Å². The maximum absolute atomic E-state index is 12.2. The number of azo groups is 1. The topological polar surface area (TPSA) is 106 Å². The van der Waals surface area contributed by atoms with E-state index in [9.17, 15) is 14.9 Å². The van der Waals surface area contributed by atoms with Crippen LogP contribution in [0.5, 0.6) is 0 Å². The Hall–Kier alpha value is -3.10. The molecule has 0 spiro atoms. The molecule has 9 nitrogen and oxygen atoms in total. The summed E-state index contributed by atoms with van der Waals surface area (Å²) in [5, 5.41) is 18.7. The van der Waals surface area contributed by atoms with Crippen LogP contribution in [0.2, 0.25) is 0 Å². The third-order valence-corrected chi connectivity index (χ3v) is 3.77. The summed E-state index contributed by atoms with van der Waals surface area (Å²) >= 11 is 0. The molecule has 0 saturated carbocycles. The summed E-state index contributed by atoms with van der Waals surface area (Å²) in [6, 6.07) is 5.73. The zero-order valence-corrected chi connectivity index (χ0v) is 12.9. The first-order valence-corrected chi connectivity index (χ1v) is 7.58. The van der Waals surface area contributed by atoms with Gasteiger partial charge in [0, 0.05) is 37.6 Å². The number of hydrogen-bond acceptors (Lipinski definition) is 6. The molecule has 0 aliphatic carbocycles. The molecule has 1 aromatic heterocycles. The number of aromatic nitrogens is 2. The van der Waals surface area contributed by atoms with Crippen LogP contribution in [-0.4, -0.2) is 38.4 Å². The molecule has 1 aliphatic rings. The predicted molar refractivity (Wildman–Crippen MR) is 85.3 cm³/mol. The van der Waals surface area contributed by atoms with Gasteiger partial charge in [-0.05, 0) is 25.0 Å². The second kappa shape index (κ2) is 6.99. The van der Waals surface area contributed by atoms with Crippen molar-refractivity contribution in [2.75, 3.05) is 13.1 Å². The van der Waals surface area contributed by atoms with Crippen molar-refractivity contribution >= 4 is 23.2 Å². The van der Waals surface area contributed by atoms with Gasteiger partial charge in [0.2, 0.25) is 11.9 Å². The average molecular weight is 328 g/mol. The Balaban J connectivity index is 1.68. The SMILES string of the molecule is O=C(Cn1ccnc1N=Nc1ccc([N+](=O)[O-])cc1)N1CCCC1. The molecular formula is C15H16N6O3. The standard InChI is InChI=1S/C15H16N6O3/c22-14(19-8-1-2-9-19)11-20-10-7-16-15(20)18-17-12-3-5-13(6-4-12)21(23)24/h3-7,10H,1-2,8-9,11H2. The van der Waals surface area contributed by atoms with Crippen molar-refractivity contribution in [3.05, 3.63) is 46.8 Å². The highest BCUT2D eigenvalue weighted by molar-refractivity contribution is 5.76. The van der Waals surface area contributed by atoms with Gasteiger partial charge in [0.15, 0.2) is 0 Å². The van der Waals surface area contributed by atoms with Crippen molar-refractivity contribution in [3.63, 3.8) is 0 Å². The minimum Gasteiger partial charge on any atom is -0.341 e. The van der Waals surface area contributed by atoms with E-state index in [1.165, 1.54) is 24.3 Å². The van der Waals surface area contributed by atoms with Gasteiger partial charge in [0.25, 0.3) is 5.69 Å². The molecule has 1 fully saturated rings. The van der Waals surface area contributed by atoms with Crippen molar-refractivity contribution in [3.8, 4) is 0 Å². The number of amides is 1. The molecule has 3 rings (SSSR count). The maximum Gasteiger partial charge on any atom is 0.269 e. The predicted octanol–water partition coefficient (Wildman–Crippen LogP) is 2.83. The summed E-state index contributed by atoms with van der Waals surface area (Å²) in [5.41, 5.74) is 0.465. The van der Waals surface area contributed by atoms with Gasteiger partial charge < -0.3 is 9.47 Å². The average Bonchev–Trinajstić information content (AvgIpc) is 3.25. The van der Waals surface area contributed by atoms with Crippen LogP contribution in [0.15, 0.2) is 46.9 Å². The maximum atomic E-state index is 12.2. The summed E-state index contributed by atoms with van der Waals surface area (Å²) in [6.45, 7) is 1.77. The molecule has 0 radical (unpaired) electrons. The van der Waals surface area contributed by atoms with Crippen molar-refractivity contribution in [2.45, 2.75) is 19.4 Å². The molecule has 0 atom stereocenters. The number of carbonyl (C=O) groups excluding carboxylic acids is 1. The van der Waals surface area contributed by atoms with E-state index < -0.39 is 4.92 Å². The van der Waals surface area contributed by atoms with Crippen LogP contribution < -0.4 is 0 Å². The van der Waals surface area contributed by atoms with E-state index in [1.807, 2.05) is 4.90 Å². The third-order valence-electron chi connectivity index (χ3n) is 3.77. The van der Waals surface area contributed by atoms with Gasteiger partial charge in [-0.3, -0.25) is 14.9 Å². The lowest BCUT2D eigenvalue weighted by atomic mass is 10.3. The Labute approximate surface area is 137 Å². The van der Waals surface area contributed by atoms with Crippen molar-refractivity contribution in [1.82, 2.24) is 14.5 Å². The summed E-state index contributed by atoms with van der Waals surface area (Å²) in [7, 11) is 0. The van der Waals surface area contributed by atoms with Gasteiger partial charge in [0.05, 0.1) is 10.6 Å². The van der Waals surface area contributed by atoms with Crippen LogP contribution in [0.4, 0.5) is 17.3 Å². The first kappa shape index (κ1) is 15.8. The van der Waals surface area contributed by atoms with Crippen molar-refractivity contribution in [1.29, 1.82) is 0 Å². The highest BCUT2D eigenvalue weighted by atomic mass is 16.6. The first-order valence-electron chi connectivity index (χ1n) is 7.58. The number of nitrogens with zero attached hydrogens (tertiary/aromatic N) is 6. The van der Waals surface area contributed by atoms with Gasteiger partial charge in [-0.25, -0.2) is 4.98 Å². The van der Waals surface area contributed by atoms with E-state index in [2.05, 4.69) is 15.2 Å². The van der Waals surface area contributed by atoms with E-state index in [0.717, 1.165) is 25.9 Å². The van der Waals surface area contributed by atoms with Crippen LogP contribution in [0.3, 0.4) is 0 Å². The Kier molecular flexibility index (Phi) is 4.59. The smallest absolute Gasteiger partial charge is 0.269 e. The van der Waals surface area contributed by atoms with E-state index in [1.54, 1.807) is 17.0 Å². The lowest BCUT2D eigenvalue weighted by Gasteiger charge is -2.15. The number of non-ortho nitro benzene ring substituents is 1. The molecule has 1 saturated heterocycles. The Morgan fingerprint density at radius 3 is 2.58 bits per heavy atom. The molecule has 0 N–H and O–H groups in total. The minimum atomic E-state index is -0.475. The highest BCUT2D eigenvalue weighted by Gasteiger charge is 2.18. The molecule has 1 aromatic carbocycles. The molecule has 0 unspecified atom stereocenters. The van der Waals surface area contributed by atoms with Gasteiger partial charge in [0.1, 0.15) is 6.54 Å². The molecule has 0 bridgehead atoms. The molecular weight excluding hydrogens is 312 g/mol. The second-order valence-corrected chi connectivity index (χ2v) is 5.42. The second-order valence-electron chi connectivity index (χ2n) is 5.42. The van der Waals surface area contributed by atoms with Crippen LogP contribution in [0.1, 0.15) is 12.8 Å². The lowest BCUT2D eigenvalue weighted by Crippen LogP contribution is -2.30. The summed E-state index contributed by atoms with van der Waals surface area (Å²) in [5.74, 6) is 0.359. The van der Waals surface area contributed by atoms with E-state index in [4.69, 9.17) is 0 Å². The number of nitro benzene ring substituents is 1. The Morgan fingerprint density at radius 1 is 1.21 bits per heavy atom. The number of likely N-dealkylation sites (tertiary alicyclic amines) is 1. The van der Waals surface area contributed by atoms with Crippen LogP contribution >= 0.6 is 0 Å². The summed E-state index contributed by atoms with van der Waals surface area (Å²) in [4.78, 5) is 28.2. The third kappa shape index (κ3) is 3.62. The van der Waals surface area contributed by atoms with Crippen LogP contribution in [0.25, 0.3) is 0 Å². The molecule has 24 heavy (non-hydrogen) atoms. The quantitative estimate of drug-likeness (QED) is 0.478. The monoisotopic (exact) mass is 328 g/mol. The van der Waals surface area contributed by atoms with Crippen molar-refractivity contribution in [2.24, 2.45) is 10.2 Å². The fourth-order valence-corrected chi connectivity index (χ4v) is 2.48. The number of hydrogen-bond donors (Lipinski definition) is 0. The molecule has 2 heterocycles. The van der Waals surface area contributed by atoms with Gasteiger partial charge in [-0.2, -0.15) is 0 Å². The highest BCUT2D eigenvalue weighted by Crippen LogP contribution is 2.20. The van der Waals surface area contributed by atoms with E-state index in [0.29, 0.717) is 11.6 Å². The van der Waals surface area contributed by atoms with E-state index >= 15 is 0 Å². The number of nitro groups is 1. The lowest BCUT2D eigenvalue weighted by molar-refractivity contribution is -0.384. The summed E-state index contributed by atoms with van der Waals surface area (Å²) < 4.78 is 1.63. The van der Waals surface area contributed by atoms with Gasteiger partial charge >= 0.3 is 0 Å². The van der Waals surface area contributed by atoms with Gasteiger partial charge in [-0.1, -0.05) is 0 Å². The minimum absolute atomic E-state index is 0.00772. The number of imidazole rings is 1. The fraction of sp³-hybridized carbons (Fsp3) is 0.333. The Morgan fingerprint density at radius 2 is 1.92 bits per heavy atom. The fourth-order valence-electron chi connectivity index (χ4n) is 2.48. The molecule has 124 valence electrons. The van der Waals surface area contributed by atoms with Gasteiger partial charge in [-0.15, -0.1) is 10.2 Å². The molecule has 9 heteroatoms. The number of rotatable bonds is 5. The first-order chi connectivity index (χ1) is 11.6. The molecule has 1 aliphatic heterocycles. The summed E-state index contributed by atoms with van der Waals surface area (Å²) in [6.07, 6.45) is 5.32. The van der Waals surface area contributed by atoms with E-state index in [-0.39, 0.29) is 18.1 Å². The Bertz CT molecular complexity index is 762. The van der Waals surface area contributed by atoms with Crippen LogP contribution in [0, 0.1) is 10.1 Å². The normalized spacial score (nSPS) is 14.4. The number of benzene rings is 1. The van der Waals surface area contributed by atoms with Crippen LogP contribution in [-0.2, 0) is 11.3 Å². The zero-order valence-electron chi connectivity index (χ0n) is 12.9. The number of carbonyl (C=O) groups is 1. The molecule has 2 aromatic rings. The molecule has 1 amide bonds. The zero-order chi connectivity index (χ0) is 16.9.